The molecule has 1 aliphatic rings. The van der Waals surface area contributed by atoms with Crippen LogP contribution < -0.4 is 0 Å². The first-order valence-electron chi connectivity index (χ1n) is 7.71. The summed E-state index contributed by atoms with van der Waals surface area (Å²) in [6.07, 6.45) is 0. The van der Waals surface area contributed by atoms with E-state index in [1.807, 2.05) is 31.9 Å². The lowest BCUT2D eigenvalue weighted by Crippen LogP contribution is -2.48. The molecule has 1 fully saturated rings. The molecule has 0 atom stereocenters. The third-order valence-corrected chi connectivity index (χ3v) is 5.61. The highest BCUT2D eigenvalue weighted by Gasteiger charge is 2.26. The molecule has 0 saturated carbocycles. The Kier molecular flexibility index (Phi) is 4.75. The van der Waals surface area contributed by atoms with Crippen LogP contribution in [-0.2, 0) is 13.6 Å². The van der Waals surface area contributed by atoms with Crippen molar-refractivity contribution in [1.82, 2.24) is 19.6 Å². The molecule has 0 N–H and O–H groups in total. The SMILES string of the molecule is Cc1nn(C)c(C)c1C(=O)N1CCN(Cc2ccc(Cl)s2)CC1. The Morgan fingerprint density at radius 1 is 1.26 bits per heavy atom. The van der Waals surface area contributed by atoms with Gasteiger partial charge >= 0.3 is 0 Å². The number of aryl methyl sites for hydroxylation is 2. The Balaban J connectivity index is 1.61. The number of amides is 1. The molecule has 3 rings (SSSR count). The second-order valence-corrected chi connectivity index (χ2v) is 7.74. The molecule has 0 aromatic carbocycles. The maximum absolute atomic E-state index is 12.8. The van der Waals surface area contributed by atoms with Crippen molar-refractivity contribution in [3.63, 3.8) is 0 Å². The lowest BCUT2D eigenvalue weighted by molar-refractivity contribution is 0.0628. The standard InChI is InChI=1S/C16H21ClN4OS/c1-11-15(12(2)19(3)18-11)16(22)21-8-6-20(7-9-21)10-13-4-5-14(17)23-13/h4-5H,6-10H2,1-3H3. The van der Waals surface area contributed by atoms with Gasteiger partial charge in [-0.25, -0.2) is 0 Å². The highest BCUT2D eigenvalue weighted by molar-refractivity contribution is 7.16. The fourth-order valence-electron chi connectivity index (χ4n) is 3.01. The number of halogens is 1. The second kappa shape index (κ2) is 6.63. The van der Waals surface area contributed by atoms with E-state index in [0.717, 1.165) is 54.0 Å². The van der Waals surface area contributed by atoms with E-state index in [9.17, 15) is 4.79 Å². The quantitative estimate of drug-likeness (QED) is 0.852. The molecule has 23 heavy (non-hydrogen) atoms. The largest absolute Gasteiger partial charge is 0.336 e. The van der Waals surface area contributed by atoms with Gasteiger partial charge in [-0.2, -0.15) is 5.10 Å². The van der Waals surface area contributed by atoms with E-state index in [4.69, 9.17) is 11.6 Å². The highest BCUT2D eigenvalue weighted by Crippen LogP contribution is 2.23. The van der Waals surface area contributed by atoms with Crippen molar-refractivity contribution in [1.29, 1.82) is 0 Å². The summed E-state index contributed by atoms with van der Waals surface area (Å²) in [5, 5.41) is 4.35. The number of nitrogens with zero attached hydrogens (tertiary/aromatic N) is 4. The van der Waals surface area contributed by atoms with Crippen molar-refractivity contribution in [2.75, 3.05) is 26.2 Å². The minimum Gasteiger partial charge on any atom is -0.336 e. The Hall–Kier alpha value is -1.37. The summed E-state index contributed by atoms with van der Waals surface area (Å²) < 4.78 is 2.61. The summed E-state index contributed by atoms with van der Waals surface area (Å²) in [5.41, 5.74) is 2.50. The van der Waals surface area contributed by atoms with Crippen LogP contribution in [0.4, 0.5) is 0 Å². The van der Waals surface area contributed by atoms with Crippen molar-refractivity contribution < 1.29 is 4.79 Å². The summed E-state index contributed by atoms with van der Waals surface area (Å²) in [6.45, 7) is 8.04. The number of carbonyl (C=O) groups is 1. The Morgan fingerprint density at radius 3 is 2.48 bits per heavy atom. The van der Waals surface area contributed by atoms with Gasteiger partial charge in [-0.3, -0.25) is 14.4 Å². The van der Waals surface area contributed by atoms with Crippen molar-refractivity contribution in [2.45, 2.75) is 20.4 Å². The topological polar surface area (TPSA) is 41.4 Å². The van der Waals surface area contributed by atoms with Crippen molar-refractivity contribution in [2.24, 2.45) is 7.05 Å². The molecule has 0 aliphatic carbocycles. The normalized spacial score (nSPS) is 16.1. The first-order chi connectivity index (χ1) is 11.0. The van der Waals surface area contributed by atoms with Crippen LogP contribution in [0.5, 0.6) is 0 Å². The van der Waals surface area contributed by atoms with E-state index in [-0.39, 0.29) is 5.91 Å². The predicted molar refractivity (Wildman–Crippen MR) is 93.2 cm³/mol. The maximum Gasteiger partial charge on any atom is 0.257 e. The molecule has 0 radical (unpaired) electrons. The molecule has 0 bridgehead atoms. The van der Waals surface area contributed by atoms with Crippen LogP contribution in [0.2, 0.25) is 4.34 Å². The van der Waals surface area contributed by atoms with Crippen molar-refractivity contribution in [3.05, 3.63) is 38.3 Å². The van der Waals surface area contributed by atoms with Crippen LogP contribution in [0.25, 0.3) is 0 Å². The summed E-state index contributed by atoms with van der Waals surface area (Å²) in [7, 11) is 1.88. The maximum atomic E-state index is 12.8. The van der Waals surface area contributed by atoms with E-state index in [1.54, 1.807) is 16.0 Å². The van der Waals surface area contributed by atoms with Gasteiger partial charge < -0.3 is 4.90 Å². The van der Waals surface area contributed by atoms with Gasteiger partial charge in [0.1, 0.15) is 0 Å². The third-order valence-electron chi connectivity index (χ3n) is 4.39. The predicted octanol–water partition coefficient (Wildman–Crippen LogP) is 2.71. The number of piperazine rings is 1. The van der Waals surface area contributed by atoms with Gasteiger partial charge in [-0.1, -0.05) is 11.6 Å². The van der Waals surface area contributed by atoms with Crippen molar-refractivity contribution >= 4 is 28.8 Å². The van der Waals surface area contributed by atoms with Gasteiger partial charge in [0, 0.05) is 50.3 Å². The molecule has 2 aromatic rings. The van der Waals surface area contributed by atoms with E-state index in [1.165, 1.54) is 4.88 Å². The Labute approximate surface area is 145 Å². The number of hydrogen-bond acceptors (Lipinski definition) is 4. The number of thiophene rings is 1. The monoisotopic (exact) mass is 352 g/mol. The van der Waals surface area contributed by atoms with Crippen LogP contribution >= 0.6 is 22.9 Å². The molecule has 1 amide bonds. The molecule has 1 saturated heterocycles. The number of hydrogen-bond donors (Lipinski definition) is 0. The molecule has 0 spiro atoms. The molecule has 1 aliphatic heterocycles. The number of carbonyl (C=O) groups excluding carboxylic acids is 1. The van der Waals surface area contributed by atoms with E-state index >= 15 is 0 Å². The van der Waals surface area contributed by atoms with Gasteiger partial charge in [0.25, 0.3) is 5.91 Å². The Bertz CT molecular complexity index is 716. The van der Waals surface area contributed by atoms with Crippen LogP contribution in [0.3, 0.4) is 0 Å². The van der Waals surface area contributed by atoms with E-state index < -0.39 is 0 Å². The zero-order valence-electron chi connectivity index (χ0n) is 13.7. The van der Waals surface area contributed by atoms with E-state index in [0.29, 0.717) is 0 Å². The summed E-state index contributed by atoms with van der Waals surface area (Å²) in [5.74, 6) is 0.104. The second-order valence-electron chi connectivity index (χ2n) is 5.94. The molecule has 2 aromatic heterocycles. The summed E-state index contributed by atoms with van der Waals surface area (Å²) >= 11 is 7.61. The molecule has 5 nitrogen and oxygen atoms in total. The van der Waals surface area contributed by atoms with Gasteiger partial charge in [0.15, 0.2) is 0 Å². The molecule has 7 heteroatoms. The summed E-state index contributed by atoms with van der Waals surface area (Å²) in [6, 6.07) is 4.02. The van der Waals surface area contributed by atoms with Crippen LogP contribution in [0, 0.1) is 13.8 Å². The fourth-order valence-corrected chi connectivity index (χ4v) is 4.14. The fraction of sp³-hybridized carbons (Fsp3) is 0.500. The van der Waals surface area contributed by atoms with Gasteiger partial charge in [0.05, 0.1) is 15.6 Å². The average Bonchev–Trinajstić information content (AvgIpc) is 3.03. The van der Waals surface area contributed by atoms with Gasteiger partial charge in [0.2, 0.25) is 0 Å². The number of aromatic nitrogens is 2. The third kappa shape index (κ3) is 3.44. The first kappa shape index (κ1) is 16.5. The molecule has 0 unspecified atom stereocenters. The lowest BCUT2D eigenvalue weighted by atomic mass is 10.1. The minimum absolute atomic E-state index is 0.104. The average molecular weight is 353 g/mol. The lowest BCUT2D eigenvalue weighted by Gasteiger charge is -2.34. The smallest absolute Gasteiger partial charge is 0.257 e. The minimum atomic E-state index is 0.104. The van der Waals surface area contributed by atoms with Crippen LogP contribution in [0.15, 0.2) is 12.1 Å². The molecular formula is C16H21ClN4OS. The van der Waals surface area contributed by atoms with Crippen LogP contribution in [-0.4, -0.2) is 51.7 Å². The Morgan fingerprint density at radius 2 is 1.96 bits per heavy atom. The number of rotatable bonds is 3. The van der Waals surface area contributed by atoms with Gasteiger partial charge in [-0.15, -0.1) is 11.3 Å². The van der Waals surface area contributed by atoms with Crippen LogP contribution in [0.1, 0.15) is 26.6 Å². The summed E-state index contributed by atoms with van der Waals surface area (Å²) in [4.78, 5) is 18.3. The van der Waals surface area contributed by atoms with E-state index in [2.05, 4.69) is 16.1 Å². The zero-order chi connectivity index (χ0) is 16.6. The first-order valence-corrected chi connectivity index (χ1v) is 8.91. The molecule has 3 heterocycles. The highest BCUT2D eigenvalue weighted by atomic mass is 35.5. The molecular weight excluding hydrogens is 332 g/mol. The zero-order valence-corrected chi connectivity index (χ0v) is 15.2. The van der Waals surface area contributed by atoms with Gasteiger partial charge in [-0.05, 0) is 26.0 Å². The molecule has 124 valence electrons. The van der Waals surface area contributed by atoms with Crippen molar-refractivity contribution in [3.8, 4) is 0 Å².